The highest BCUT2D eigenvalue weighted by Gasteiger charge is 2.12. The minimum absolute atomic E-state index is 0.0377. The van der Waals surface area contributed by atoms with Crippen LogP contribution < -0.4 is 11.1 Å². The van der Waals surface area contributed by atoms with Crippen LogP contribution in [0.2, 0.25) is 0 Å². The van der Waals surface area contributed by atoms with Gasteiger partial charge in [0.15, 0.2) is 5.69 Å². The fraction of sp³-hybridized carbons (Fsp3) is 0.130. The van der Waals surface area contributed by atoms with Crippen molar-refractivity contribution in [1.29, 1.82) is 0 Å². The molecule has 0 aliphatic carbocycles. The van der Waals surface area contributed by atoms with Crippen molar-refractivity contribution in [2.45, 2.75) is 19.4 Å². The van der Waals surface area contributed by atoms with Crippen molar-refractivity contribution in [3.8, 4) is 5.69 Å². The number of aromatic nitrogens is 3. The van der Waals surface area contributed by atoms with Gasteiger partial charge >= 0.3 is 0 Å². The van der Waals surface area contributed by atoms with Gasteiger partial charge in [0.2, 0.25) is 5.91 Å². The molecule has 0 saturated carbocycles. The largest absolute Gasteiger partial charge is 0.364 e. The Labute approximate surface area is 173 Å². The first-order valence-electron chi connectivity index (χ1n) is 9.59. The number of nitrogens with one attached hydrogen (secondary N) is 1. The van der Waals surface area contributed by atoms with E-state index < -0.39 is 5.91 Å². The molecule has 1 unspecified atom stereocenters. The third-order valence-electron chi connectivity index (χ3n) is 4.96. The van der Waals surface area contributed by atoms with Crippen molar-refractivity contribution >= 4 is 22.6 Å². The molecule has 150 valence electrons. The molecule has 4 aromatic rings. The SMILES string of the molecule is CC(NC(=O)Cc1ccc2ccccc2c1)c1ccc(-n2cc(C(N)=O)nn2)cc1. The topological polar surface area (TPSA) is 103 Å². The van der Waals surface area contributed by atoms with Gasteiger partial charge in [0.25, 0.3) is 5.91 Å². The lowest BCUT2D eigenvalue weighted by molar-refractivity contribution is -0.121. The number of amides is 2. The molecule has 1 heterocycles. The van der Waals surface area contributed by atoms with Crippen molar-refractivity contribution in [3.05, 3.63) is 89.7 Å². The monoisotopic (exact) mass is 399 g/mol. The van der Waals surface area contributed by atoms with Crippen molar-refractivity contribution in [2.75, 3.05) is 0 Å². The van der Waals surface area contributed by atoms with Crippen molar-refractivity contribution in [3.63, 3.8) is 0 Å². The summed E-state index contributed by atoms with van der Waals surface area (Å²) in [5, 5.41) is 12.9. The van der Waals surface area contributed by atoms with E-state index in [9.17, 15) is 9.59 Å². The number of nitrogens with zero attached hydrogens (tertiary/aromatic N) is 3. The summed E-state index contributed by atoms with van der Waals surface area (Å²) in [6, 6.07) is 21.5. The zero-order chi connectivity index (χ0) is 21.1. The maximum Gasteiger partial charge on any atom is 0.270 e. The quantitative estimate of drug-likeness (QED) is 0.520. The first-order chi connectivity index (χ1) is 14.5. The Kier molecular flexibility index (Phi) is 5.26. The van der Waals surface area contributed by atoms with Gasteiger partial charge in [-0.3, -0.25) is 9.59 Å². The van der Waals surface area contributed by atoms with Crippen LogP contribution in [0, 0.1) is 0 Å². The summed E-state index contributed by atoms with van der Waals surface area (Å²) in [5.74, 6) is -0.662. The van der Waals surface area contributed by atoms with E-state index in [2.05, 4.69) is 21.7 Å². The zero-order valence-corrected chi connectivity index (χ0v) is 16.4. The van der Waals surface area contributed by atoms with Gasteiger partial charge < -0.3 is 11.1 Å². The van der Waals surface area contributed by atoms with Crippen molar-refractivity contribution in [2.24, 2.45) is 5.73 Å². The zero-order valence-electron chi connectivity index (χ0n) is 16.4. The van der Waals surface area contributed by atoms with Gasteiger partial charge in [-0.25, -0.2) is 4.68 Å². The molecule has 0 radical (unpaired) electrons. The van der Waals surface area contributed by atoms with Gasteiger partial charge in [0.05, 0.1) is 24.3 Å². The molecule has 0 bridgehead atoms. The Balaban J connectivity index is 1.40. The fourth-order valence-corrected chi connectivity index (χ4v) is 3.33. The minimum atomic E-state index is -0.624. The van der Waals surface area contributed by atoms with Crippen LogP contribution in [0.1, 0.15) is 34.6 Å². The van der Waals surface area contributed by atoms with E-state index >= 15 is 0 Å². The Morgan fingerprint density at radius 3 is 2.47 bits per heavy atom. The third kappa shape index (κ3) is 4.20. The van der Waals surface area contributed by atoms with Crippen LogP contribution >= 0.6 is 0 Å². The van der Waals surface area contributed by atoms with Gasteiger partial charge in [-0.15, -0.1) is 5.10 Å². The highest BCUT2D eigenvalue weighted by atomic mass is 16.2. The summed E-state index contributed by atoms with van der Waals surface area (Å²) in [4.78, 5) is 23.7. The molecule has 3 N–H and O–H groups in total. The van der Waals surface area contributed by atoms with Gasteiger partial charge in [-0.2, -0.15) is 0 Å². The van der Waals surface area contributed by atoms with Crippen LogP contribution in [-0.4, -0.2) is 26.8 Å². The second kappa shape index (κ2) is 8.16. The molecule has 1 atom stereocenters. The number of hydrogen-bond donors (Lipinski definition) is 2. The average molecular weight is 399 g/mol. The molecule has 2 amide bonds. The lowest BCUT2D eigenvalue weighted by Crippen LogP contribution is -2.28. The van der Waals surface area contributed by atoms with Crippen LogP contribution in [-0.2, 0) is 11.2 Å². The third-order valence-corrected chi connectivity index (χ3v) is 4.96. The van der Waals surface area contributed by atoms with E-state index in [1.165, 1.54) is 10.9 Å². The Hall–Kier alpha value is -4.00. The van der Waals surface area contributed by atoms with E-state index in [0.717, 1.165) is 27.6 Å². The van der Waals surface area contributed by atoms with Crippen LogP contribution in [0.15, 0.2) is 72.9 Å². The molecule has 30 heavy (non-hydrogen) atoms. The van der Waals surface area contributed by atoms with Crippen LogP contribution in [0.25, 0.3) is 16.5 Å². The molecule has 0 saturated heterocycles. The number of benzene rings is 3. The lowest BCUT2D eigenvalue weighted by atomic mass is 10.0. The van der Waals surface area contributed by atoms with Gasteiger partial charge in [0.1, 0.15) is 0 Å². The Bertz CT molecular complexity index is 1210. The number of nitrogens with two attached hydrogens (primary N) is 1. The highest BCUT2D eigenvalue weighted by Crippen LogP contribution is 2.18. The number of hydrogen-bond acceptors (Lipinski definition) is 4. The summed E-state index contributed by atoms with van der Waals surface area (Å²) in [6.07, 6.45) is 1.80. The molecular formula is C23H21N5O2. The molecular weight excluding hydrogens is 378 g/mol. The molecule has 4 rings (SSSR count). The molecule has 7 nitrogen and oxygen atoms in total. The maximum atomic E-state index is 12.5. The van der Waals surface area contributed by atoms with Crippen LogP contribution in [0.5, 0.6) is 0 Å². The summed E-state index contributed by atoms with van der Waals surface area (Å²) in [5.41, 5.74) is 7.99. The first kappa shape index (κ1) is 19.3. The smallest absolute Gasteiger partial charge is 0.270 e. The lowest BCUT2D eigenvalue weighted by Gasteiger charge is -2.15. The van der Waals surface area contributed by atoms with Gasteiger partial charge in [0, 0.05) is 0 Å². The minimum Gasteiger partial charge on any atom is -0.364 e. The van der Waals surface area contributed by atoms with Gasteiger partial charge in [-0.1, -0.05) is 59.8 Å². The predicted octanol–water partition coefficient (Wildman–Crippen LogP) is 2.94. The number of carbonyl (C=O) groups excluding carboxylic acids is 2. The van der Waals surface area contributed by atoms with E-state index in [4.69, 9.17) is 5.73 Å². The normalized spacial score (nSPS) is 11.9. The first-order valence-corrected chi connectivity index (χ1v) is 9.59. The van der Waals surface area contributed by atoms with Crippen molar-refractivity contribution < 1.29 is 9.59 Å². The molecule has 1 aromatic heterocycles. The Morgan fingerprint density at radius 2 is 1.77 bits per heavy atom. The molecule has 7 heteroatoms. The number of rotatable bonds is 6. The number of fused-ring (bicyclic) bond motifs is 1. The maximum absolute atomic E-state index is 12.5. The standard InChI is InChI=1S/C23H21N5O2/c1-15(17-8-10-20(11-9-17)28-14-21(23(24)30)26-27-28)25-22(29)13-16-6-7-18-4-2-3-5-19(18)12-16/h2-12,14-15H,13H2,1H3,(H2,24,30)(H,25,29). The Morgan fingerprint density at radius 1 is 1.03 bits per heavy atom. The summed E-state index contributed by atoms with van der Waals surface area (Å²) in [7, 11) is 0. The summed E-state index contributed by atoms with van der Waals surface area (Å²) in [6.45, 7) is 1.94. The molecule has 0 aliphatic rings. The molecule has 0 fully saturated rings. The van der Waals surface area contributed by atoms with Crippen LogP contribution in [0.4, 0.5) is 0 Å². The highest BCUT2D eigenvalue weighted by molar-refractivity contribution is 5.90. The van der Waals surface area contributed by atoms with E-state index in [0.29, 0.717) is 6.42 Å². The van der Waals surface area contributed by atoms with E-state index in [-0.39, 0.29) is 17.6 Å². The predicted molar refractivity (Wildman–Crippen MR) is 114 cm³/mol. The van der Waals surface area contributed by atoms with E-state index in [1.807, 2.05) is 67.6 Å². The average Bonchev–Trinajstić information content (AvgIpc) is 3.24. The summed E-state index contributed by atoms with van der Waals surface area (Å²) < 4.78 is 1.48. The summed E-state index contributed by atoms with van der Waals surface area (Å²) >= 11 is 0. The second-order valence-corrected chi connectivity index (χ2v) is 7.15. The molecule has 0 spiro atoms. The molecule has 3 aromatic carbocycles. The van der Waals surface area contributed by atoms with Crippen molar-refractivity contribution in [1.82, 2.24) is 20.3 Å². The molecule has 0 aliphatic heterocycles. The fourth-order valence-electron chi connectivity index (χ4n) is 3.33. The van der Waals surface area contributed by atoms with E-state index in [1.54, 1.807) is 0 Å². The van der Waals surface area contributed by atoms with Gasteiger partial charge in [-0.05, 0) is 41.0 Å². The number of primary amides is 1. The van der Waals surface area contributed by atoms with Crippen LogP contribution in [0.3, 0.4) is 0 Å². The number of carbonyl (C=O) groups is 2. The second-order valence-electron chi connectivity index (χ2n) is 7.15.